The lowest BCUT2D eigenvalue weighted by molar-refractivity contribution is -0.133. The number of halogens is 3. The maximum absolute atomic E-state index is 11.9. The van der Waals surface area contributed by atoms with Crippen LogP contribution in [0.5, 0.6) is 0 Å². The number of Topliss-reactive ketones (excluding diaryl/α,β-unsaturated/α-hetero) is 1. The third-order valence-electron chi connectivity index (χ3n) is 1.86. The molecule has 0 aliphatic rings. The summed E-state index contributed by atoms with van der Waals surface area (Å²) >= 11 is 0. The van der Waals surface area contributed by atoms with Crippen LogP contribution in [0.15, 0.2) is 16.5 Å². The van der Waals surface area contributed by atoms with E-state index in [1.54, 1.807) is 0 Å². The summed E-state index contributed by atoms with van der Waals surface area (Å²) in [5.41, 5.74) is 0. The van der Waals surface area contributed by atoms with Crippen molar-refractivity contribution in [2.45, 2.75) is 25.6 Å². The topological polar surface area (TPSA) is 39.4 Å². The summed E-state index contributed by atoms with van der Waals surface area (Å²) in [7, 11) is 1.45. The molecule has 1 aromatic heterocycles. The Bertz CT molecular complexity index is 354. The van der Waals surface area contributed by atoms with E-state index in [4.69, 9.17) is 9.15 Å². The monoisotopic (exact) mass is 236 g/mol. The number of furan rings is 1. The van der Waals surface area contributed by atoms with Gasteiger partial charge < -0.3 is 9.15 Å². The molecule has 6 heteroatoms. The van der Waals surface area contributed by atoms with Gasteiger partial charge >= 0.3 is 6.18 Å². The van der Waals surface area contributed by atoms with Crippen LogP contribution in [0.2, 0.25) is 0 Å². The summed E-state index contributed by atoms with van der Waals surface area (Å²) in [4.78, 5) is 11.3. The molecule has 1 aromatic rings. The molecule has 0 N–H and O–H groups in total. The SMILES string of the molecule is COCc1ccc(C(=O)CCC(F)(F)F)o1. The maximum Gasteiger partial charge on any atom is 0.389 e. The van der Waals surface area contributed by atoms with Gasteiger partial charge in [-0.05, 0) is 12.1 Å². The second kappa shape index (κ2) is 5.16. The standard InChI is InChI=1S/C10H11F3O3/c1-15-6-7-2-3-9(16-7)8(14)4-5-10(11,12)13/h2-3H,4-6H2,1H3. The van der Waals surface area contributed by atoms with Gasteiger partial charge in [-0.25, -0.2) is 0 Å². The van der Waals surface area contributed by atoms with Crippen molar-refractivity contribution in [3.05, 3.63) is 23.7 Å². The van der Waals surface area contributed by atoms with Crippen molar-refractivity contribution >= 4 is 5.78 Å². The van der Waals surface area contributed by atoms with Gasteiger partial charge in [0.15, 0.2) is 11.5 Å². The maximum atomic E-state index is 11.9. The van der Waals surface area contributed by atoms with Gasteiger partial charge in [0.05, 0.1) is 6.42 Å². The van der Waals surface area contributed by atoms with E-state index in [1.165, 1.54) is 19.2 Å². The number of hydrogen-bond donors (Lipinski definition) is 0. The summed E-state index contributed by atoms with van der Waals surface area (Å²) in [5.74, 6) is -0.297. The Hall–Kier alpha value is -1.30. The molecule has 0 bridgehead atoms. The molecule has 1 heterocycles. The second-order valence-electron chi connectivity index (χ2n) is 3.24. The van der Waals surface area contributed by atoms with Crippen molar-refractivity contribution in [2.75, 3.05) is 7.11 Å². The molecule has 0 atom stereocenters. The molecular formula is C10H11F3O3. The fraction of sp³-hybridized carbons (Fsp3) is 0.500. The number of methoxy groups -OCH3 is 1. The zero-order chi connectivity index (χ0) is 12.2. The van der Waals surface area contributed by atoms with Crippen LogP contribution in [0.1, 0.15) is 29.2 Å². The number of ether oxygens (including phenoxy) is 1. The minimum absolute atomic E-state index is 0.0590. The van der Waals surface area contributed by atoms with Crippen LogP contribution in [0.25, 0.3) is 0 Å². The first-order valence-corrected chi connectivity index (χ1v) is 4.60. The van der Waals surface area contributed by atoms with E-state index in [0.29, 0.717) is 5.76 Å². The van der Waals surface area contributed by atoms with Gasteiger partial charge in [-0.15, -0.1) is 0 Å². The Labute approximate surface area is 90.2 Å². The first kappa shape index (κ1) is 12.8. The first-order chi connectivity index (χ1) is 7.42. The van der Waals surface area contributed by atoms with Crippen LogP contribution in [0.3, 0.4) is 0 Å². The van der Waals surface area contributed by atoms with Crippen molar-refractivity contribution in [2.24, 2.45) is 0 Å². The largest absolute Gasteiger partial charge is 0.456 e. The lowest BCUT2D eigenvalue weighted by Crippen LogP contribution is -2.10. The number of hydrogen-bond acceptors (Lipinski definition) is 3. The summed E-state index contributed by atoms with van der Waals surface area (Å²) < 4.78 is 45.3. The summed E-state index contributed by atoms with van der Waals surface area (Å²) in [6.07, 6.45) is -6.05. The highest BCUT2D eigenvalue weighted by Crippen LogP contribution is 2.23. The van der Waals surface area contributed by atoms with E-state index < -0.39 is 24.8 Å². The number of carbonyl (C=O) groups is 1. The Morgan fingerprint density at radius 2 is 2.12 bits per heavy atom. The predicted molar refractivity (Wildman–Crippen MR) is 49.0 cm³/mol. The van der Waals surface area contributed by atoms with Crippen molar-refractivity contribution < 1.29 is 27.1 Å². The average Bonchev–Trinajstić information content (AvgIpc) is 2.62. The van der Waals surface area contributed by atoms with Gasteiger partial charge in [-0.3, -0.25) is 4.79 Å². The van der Waals surface area contributed by atoms with Crippen LogP contribution in [0, 0.1) is 0 Å². The zero-order valence-corrected chi connectivity index (χ0v) is 8.63. The van der Waals surface area contributed by atoms with Crippen LogP contribution in [-0.2, 0) is 11.3 Å². The molecule has 3 nitrogen and oxygen atoms in total. The molecule has 0 aromatic carbocycles. The van der Waals surface area contributed by atoms with E-state index in [1.807, 2.05) is 0 Å². The molecule has 16 heavy (non-hydrogen) atoms. The number of carbonyl (C=O) groups excluding carboxylic acids is 1. The van der Waals surface area contributed by atoms with Gasteiger partial charge in [0, 0.05) is 13.5 Å². The lowest BCUT2D eigenvalue weighted by atomic mass is 10.2. The predicted octanol–water partition coefficient (Wildman–Crippen LogP) is 2.95. The van der Waals surface area contributed by atoms with E-state index in [9.17, 15) is 18.0 Å². The molecule has 0 saturated carbocycles. The number of ketones is 1. The lowest BCUT2D eigenvalue weighted by Gasteiger charge is -2.03. The third-order valence-corrected chi connectivity index (χ3v) is 1.86. The Kier molecular flexibility index (Phi) is 4.12. The van der Waals surface area contributed by atoms with Gasteiger partial charge in [-0.2, -0.15) is 13.2 Å². The molecule has 90 valence electrons. The summed E-state index contributed by atoms with van der Waals surface area (Å²) in [6, 6.07) is 2.86. The molecule has 0 aliphatic carbocycles. The molecule has 1 rings (SSSR count). The zero-order valence-electron chi connectivity index (χ0n) is 8.63. The van der Waals surface area contributed by atoms with Crippen molar-refractivity contribution in [3.63, 3.8) is 0 Å². The van der Waals surface area contributed by atoms with E-state index in [0.717, 1.165) is 0 Å². The molecule has 0 unspecified atom stereocenters. The Morgan fingerprint density at radius 1 is 1.44 bits per heavy atom. The number of rotatable bonds is 5. The van der Waals surface area contributed by atoms with Gasteiger partial charge in [0.25, 0.3) is 0 Å². The minimum atomic E-state index is -4.32. The van der Waals surface area contributed by atoms with Crippen LogP contribution in [-0.4, -0.2) is 19.1 Å². The highest BCUT2D eigenvalue weighted by Gasteiger charge is 2.28. The van der Waals surface area contributed by atoms with E-state index >= 15 is 0 Å². The molecule has 0 radical (unpaired) electrons. The Morgan fingerprint density at radius 3 is 2.69 bits per heavy atom. The highest BCUT2D eigenvalue weighted by atomic mass is 19.4. The quantitative estimate of drug-likeness (QED) is 0.738. The molecule has 0 saturated heterocycles. The van der Waals surface area contributed by atoms with Gasteiger partial charge in [0.2, 0.25) is 0 Å². The van der Waals surface area contributed by atoms with E-state index in [-0.39, 0.29) is 12.4 Å². The molecule has 0 aliphatic heterocycles. The summed E-state index contributed by atoms with van der Waals surface area (Å²) in [6.45, 7) is 0.187. The van der Waals surface area contributed by atoms with Crippen molar-refractivity contribution in [3.8, 4) is 0 Å². The van der Waals surface area contributed by atoms with E-state index in [2.05, 4.69) is 0 Å². The minimum Gasteiger partial charge on any atom is -0.456 e. The summed E-state index contributed by atoms with van der Waals surface area (Å²) in [5, 5.41) is 0. The van der Waals surface area contributed by atoms with Crippen LogP contribution in [0.4, 0.5) is 13.2 Å². The van der Waals surface area contributed by atoms with Gasteiger partial charge in [-0.1, -0.05) is 0 Å². The normalized spacial score (nSPS) is 11.8. The number of alkyl halides is 3. The third kappa shape index (κ3) is 4.06. The Balaban J connectivity index is 2.53. The second-order valence-corrected chi connectivity index (χ2v) is 3.24. The van der Waals surface area contributed by atoms with Crippen LogP contribution < -0.4 is 0 Å². The van der Waals surface area contributed by atoms with Crippen molar-refractivity contribution in [1.29, 1.82) is 0 Å². The molecule has 0 fully saturated rings. The first-order valence-electron chi connectivity index (χ1n) is 4.60. The molecule has 0 amide bonds. The average molecular weight is 236 g/mol. The van der Waals surface area contributed by atoms with Gasteiger partial charge in [0.1, 0.15) is 12.4 Å². The van der Waals surface area contributed by atoms with Crippen LogP contribution >= 0.6 is 0 Å². The fourth-order valence-corrected chi connectivity index (χ4v) is 1.13. The smallest absolute Gasteiger partial charge is 0.389 e. The molecule has 0 spiro atoms. The molecular weight excluding hydrogens is 225 g/mol. The highest BCUT2D eigenvalue weighted by molar-refractivity contribution is 5.93. The van der Waals surface area contributed by atoms with Crippen molar-refractivity contribution in [1.82, 2.24) is 0 Å². The fourth-order valence-electron chi connectivity index (χ4n) is 1.13.